The van der Waals surface area contributed by atoms with Crippen molar-refractivity contribution in [1.82, 2.24) is 4.72 Å². The zero-order valence-corrected chi connectivity index (χ0v) is 13.1. The first-order valence-corrected chi connectivity index (χ1v) is 8.31. The fourth-order valence-corrected chi connectivity index (χ4v) is 3.81. The van der Waals surface area contributed by atoms with E-state index in [2.05, 4.69) is 4.72 Å². The number of nitrogens with one attached hydrogen (secondary N) is 1. The van der Waals surface area contributed by atoms with Gasteiger partial charge < -0.3 is 10.8 Å². The first-order valence-electron chi connectivity index (χ1n) is 6.83. The third-order valence-corrected chi connectivity index (χ3v) is 4.89. The van der Waals surface area contributed by atoms with Crippen molar-refractivity contribution in [2.75, 3.05) is 12.3 Å². The standard InChI is InChI=1S/C14H24N2O3S/c1-4-11-5-6-12(15)9-14(11)20(18,19)16-13(7-8-17)10(2)3/h5-6,9-10,13,16-17H,4,7-8,15H2,1-3H3. The number of nitrogens with two attached hydrogens (primary N) is 1. The molecule has 1 rings (SSSR count). The fraction of sp³-hybridized carbons (Fsp3) is 0.571. The van der Waals surface area contributed by atoms with Gasteiger partial charge in [-0.05, 0) is 36.5 Å². The number of aliphatic hydroxyl groups is 1. The van der Waals surface area contributed by atoms with Gasteiger partial charge in [0.25, 0.3) is 0 Å². The Morgan fingerprint density at radius 1 is 1.35 bits per heavy atom. The summed E-state index contributed by atoms with van der Waals surface area (Å²) < 4.78 is 27.7. The van der Waals surface area contributed by atoms with E-state index in [0.29, 0.717) is 18.5 Å². The molecule has 0 bridgehead atoms. The predicted octanol–water partition coefficient (Wildman–Crippen LogP) is 1.52. The molecule has 0 aliphatic carbocycles. The van der Waals surface area contributed by atoms with Gasteiger partial charge in [0.15, 0.2) is 0 Å². The van der Waals surface area contributed by atoms with Gasteiger partial charge in [0.2, 0.25) is 10.0 Å². The van der Waals surface area contributed by atoms with Gasteiger partial charge in [0.05, 0.1) is 4.90 Å². The normalized spacial score (nSPS) is 13.7. The van der Waals surface area contributed by atoms with Crippen molar-refractivity contribution in [2.45, 2.75) is 44.6 Å². The van der Waals surface area contributed by atoms with Crippen LogP contribution in [0.5, 0.6) is 0 Å². The zero-order valence-electron chi connectivity index (χ0n) is 12.3. The van der Waals surface area contributed by atoms with Gasteiger partial charge in [0.1, 0.15) is 0 Å². The van der Waals surface area contributed by atoms with Crippen molar-refractivity contribution in [3.05, 3.63) is 23.8 Å². The Morgan fingerprint density at radius 3 is 2.50 bits per heavy atom. The summed E-state index contributed by atoms with van der Waals surface area (Å²) in [4.78, 5) is 0.226. The van der Waals surface area contributed by atoms with Crippen LogP contribution in [0.3, 0.4) is 0 Å². The lowest BCUT2D eigenvalue weighted by molar-refractivity contribution is 0.256. The molecule has 20 heavy (non-hydrogen) atoms. The van der Waals surface area contributed by atoms with Crippen molar-refractivity contribution in [3.8, 4) is 0 Å². The van der Waals surface area contributed by atoms with Crippen molar-refractivity contribution in [3.63, 3.8) is 0 Å². The monoisotopic (exact) mass is 300 g/mol. The van der Waals surface area contributed by atoms with E-state index in [-0.39, 0.29) is 23.5 Å². The highest BCUT2D eigenvalue weighted by Gasteiger charge is 2.24. The Bertz CT molecular complexity index is 541. The Hall–Kier alpha value is -1.11. The van der Waals surface area contributed by atoms with Crippen LogP contribution in [-0.2, 0) is 16.4 Å². The molecule has 5 nitrogen and oxygen atoms in total. The molecule has 0 amide bonds. The molecule has 6 heteroatoms. The van der Waals surface area contributed by atoms with Crippen LogP contribution in [0.15, 0.2) is 23.1 Å². The molecule has 0 saturated heterocycles. The molecule has 4 N–H and O–H groups in total. The van der Waals surface area contributed by atoms with Crippen LogP contribution in [0.25, 0.3) is 0 Å². The molecule has 1 atom stereocenters. The largest absolute Gasteiger partial charge is 0.399 e. The van der Waals surface area contributed by atoms with Crippen molar-refractivity contribution < 1.29 is 13.5 Å². The zero-order chi connectivity index (χ0) is 15.3. The number of aliphatic hydroxyl groups excluding tert-OH is 1. The summed E-state index contributed by atoms with van der Waals surface area (Å²) >= 11 is 0. The second-order valence-corrected chi connectivity index (χ2v) is 6.89. The number of sulfonamides is 1. The second kappa shape index (κ2) is 7.06. The molecule has 0 heterocycles. The van der Waals surface area contributed by atoms with Gasteiger partial charge >= 0.3 is 0 Å². The molecule has 0 saturated carbocycles. The molecule has 1 unspecified atom stereocenters. The molecule has 0 aliphatic rings. The average molecular weight is 300 g/mol. The van der Waals surface area contributed by atoms with E-state index >= 15 is 0 Å². The predicted molar refractivity (Wildman–Crippen MR) is 80.9 cm³/mol. The maximum Gasteiger partial charge on any atom is 0.241 e. The molecule has 1 aromatic carbocycles. The summed E-state index contributed by atoms with van der Waals surface area (Å²) in [6, 6.07) is 4.62. The van der Waals surface area contributed by atoms with Crippen LogP contribution in [0, 0.1) is 5.92 Å². The summed E-state index contributed by atoms with van der Waals surface area (Å²) in [5, 5.41) is 9.04. The van der Waals surface area contributed by atoms with Gasteiger partial charge in [-0.1, -0.05) is 26.8 Å². The maximum absolute atomic E-state index is 12.5. The molecular weight excluding hydrogens is 276 g/mol. The number of anilines is 1. The van der Waals surface area contributed by atoms with E-state index in [0.717, 1.165) is 5.56 Å². The fourth-order valence-electron chi connectivity index (χ4n) is 2.04. The third kappa shape index (κ3) is 4.19. The Kier molecular flexibility index (Phi) is 5.98. The highest BCUT2D eigenvalue weighted by Crippen LogP contribution is 2.21. The van der Waals surface area contributed by atoms with Gasteiger partial charge in [-0.2, -0.15) is 0 Å². The van der Waals surface area contributed by atoms with E-state index < -0.39 is 10.0 Å². The third-order valence-electron chi connectivity index (χ3n) is 3.31. The summed E-state index contributed by atoms with van der Waals surface area (Å²) in [6.45, 7) is 5.69. The van der Waals surface area contributed by atoms with E-state index in [1.165, 1.54) is 6.07 Å². The first-order chi connectivity index (χ1) is 9.31. The van der Waals surface area contributed by atoms with E-state index in [9.17, 15) is 8.42 Å². The summed E-state index contributed by atoms with van der Waals surface area (Å²) in [5.41, 5.74) is 6.85. The van der Waals surface area contributed by atoms with Crippen LogP contribution < -0.4 is 10.5 Å². The molecule has 114 valence electrons. The van der Waals surface area contributed by atoms with Crippen LogP contribution in [0.1, 0.15) is 32.8 Å². The van der Waals surface area contributed by atoms with Crippen LogP contribution in [0.2, 0.25) is 0 Å². The first kappa shape index (κ1) is 16.9. The van der Waals surface area contributed by atoms with Crippen molar-refractivity contribution >= 4 is 15.7 Å². The van der Waals surface area contributed by atoms with E-state index in [4.69, 9.17) is 10.8 Å². The van der Waals surface area contributed by atoms with Crippen molar-refractivity contribution in [2.24, 2.45) is 5.92 Å². The number of rotatable bonds is 7. The van der Waals surface area contributed by atoms with Crippen LogP contribution in [-0.4, -0.2) is 26.2 Å². The van der Waals surface area contributed by atoms with E-state index in [1.807, 2.05) is 20.8 Å². The molecule has 1 aromatic rings. The summed E-state index contributed by atoms with van der Waals surface area (Å²) in [5.74, 6) is 0.100. The van der Waals surface area contributed by atoms with Gasteiger partial charge in [0, 0.05) is 18.3 Å². The van der Waals surface area contributed by atoms with Crippen LogP contribution in [0.4, 0.5) is 5.69 Å². The van der Waals surface area contributed by atoms with Gasteiger partial charge in [-0.25, -0.2) is 13.1 Å². The number of aryl methyl sites for hydroxylation is 1. The Balaban J connectivity index is 3.13. The van der Waals surface area contributed by atoms with Crippen LogP contribution >= 0.6 is 0 Å². The Morgan fingerprint density at radius 2 is 2.00 bits per heavy atom. The SMILES string of the molecule is CCc1ccc(N)cc1S(=O)(=O)NC(CCO)C(C)C. The maximum atomic E-state index is 12.5. The minimum atomic E-state index is -3.63. The lowest BCUT2D eigenvalue weighted by Gasteiger charge is -2.22. The van der Waals surface area contributed by atoms with Crippen molar-refractivity contribution in [1.29, 1.82) is 0 Å². The lowest BCUT2D eigenvalue weighted by Crippen LogP contribution is -2.39. The quantitative estimate of drug-likeness (QED) is 0.666. The summed E-state index contributed by atoms with van der Waals surface area (Å²) in [6.07, 6.45) is 1.00. The molecular formula is C14H24N2O3S. The number of hydrogen-bond acceptors (Lipinski definition) is 4. The lowest BCUT2D eigenvalue weighted by atomic mass is 10.0. The average Bonchev–Trinajstić information content (AvgIpc) is 2.38. The Labute approximate surface area is 121 Å². The van der Waals surface area contributed by atoms with Gasteiger partial charge in [-0.15, -0.1) is 0 Å². The molecule has 0 spiro atoms. The topological polar surface area (TPSA) is 92.4 Å². The minimum absolute atomic E-state index is 0.0526. The second-order valence-electron chi connectivity index (χ2n) is 5.20. The molecule has 0 aliphatic heterocycles. The summed E-state index contributed by atoms with van der Waals surface area (Å²) in [7, 11) is -3.63. The highest BCUT2D eigenvalue weighted by molar-refractivity contribution is 7.89. The number of benzene rings is 1. The molecule has 0 aromatic heterocycles. The minimum Gasteiger partial charge on any atom is -0.399 e. The number of nitrogen functional groups attached to an aromatic ring is 1. The molecule has 0 fully saturated rings. The smallest absolute Gasteiger partial charge is 0.241 e. The molecule has 0 radical (unpaired) electrons. The number of hydrogen-bond donors (Lipinski definition) is 3. The van der Waals surface area contributed by atoms with Gasteiger partial charge in [-0.3, -0.25) is 0 Å². The van der Waals surface area contributed by atoms with E-state index in [1.54, 1.807) is 12.1 Å². The highest BCUT2D eigenvalue weighted by atomic mass is 32.2.